The summed E-state index contributed by atoms with van der Waals surface area (Å²) in [6.45, 7) is 0. The molecule has 1 aliphatic carbocycles. The minimum absolute atomic E-state index is 0.0246. The molecule has 1 heterocycles. The molecule has 0 bridgehead atoms. The molecule has 1 fully saturated rings. The Balaban J connectivity index is 2.00. The van der Waals surface area contributed by atoms with Crippen LogP contribution < -0.4 is 11.1 Å². The Bertz CT molecular complexity index is 317. The second kappa shape index (κ2) is 3.38. The van der Waals surface area contributed by atoms with E-state index in [0.29, 0.717) is 16.6 Å². The summed E-state index contributed by atoms with van der Waals surface area (Å²) in [6.07, 6.45) is 3.44. The van der Waals surface area contributed by atoms with E-state index in [0.717, 1.165) is 12.8 Å². The van der Waals surface area contributed by atoms with Gasteiger partial charge in [-0.15, -0.1) is 11.3 Å². The first-order chi connectivity index (χ1) is 6.27. The van der Waals surface area contributed by atoms with Crippen LogP contribution in [0.15, 0.2) is 11.4 Å². The number of nitrogens with two attached hydrogens (primary N) is 1. The Labute approximate surface area is 80.9 Å². The van der Waals surface area contributed by atoms with Gasteiger partial charge in [0.25, 0.3) is 5.91 Å². The average molecular weight is 196 g/mol. The number of carbonyl (C=O) groups excluding carboxylic acids is 1. The Morgan fingerprint density at radius 1 is 1.62 bits per heavy atom. The molecular formula is C9H12N2OS. The largest absolute Gasteiger partial charge is 0.390 e. The zero-order chi connectivity index (χ0) is 9.26. The molecule has 1 aromatic rings. The summed E-state index contributed by atoms with van der Waals surface area (Å²) in [4.78, 5) is 11.5. The molecule has 3 nitrogen and oxygen atoms in total. The van der Waals surface area contributed by atoms with Crippen molar-refractivity contribution < 1.29 is 4.79 Å². The van der Waals surface area contributed by atoms with E-state index in [4.69, 9.17) is 5.73 Å². The fraction of sp³-hybridized carbons (Fsp3) is 0.444. The first-order valence-corrected chi connectivity index (χ1v) is 5.29. The van der Waals surface area contributed by atoms with E-state index in [1.54, 1.807) is 6.07 Å². The normalized spacial score (nSPS) is 16.6. The van der Waals surface area contributed by atoms with Gasteiger partial charge in [-0.3, -0.25) is 4.79 Å². The van der Waals surface area contributed by atoms with Crippen molar-refractivity contribution in [2.45, 2.75) is 25.3 Å². The van der Waals surface area contributed by atoms with Gasteiger partial charge in [-0.2, -0.15) is 0 Å². The molecule has 0 aromatic carbocycles. The average Bonchev–Trinajstić information content (AvgIpc) is 2.43. The minimum atomic E-state index is -0.0246. The lowest BCUT2D eigenvalue weighted by molar-refractivity contribution is 0.0918. The second-order valence-electron chi connectivity index (χ2n) is 3.30. The van der Waals surface area contributed by atoms with Crippen molar-refractivity contribution in [3.05, 3.63) is 17.0 Å². The van der Waals surface area contributed by atoms with Crippen LogP contribution in [-0.4, -0.2) is 11.9 Å². The summed E-state index contributed by atoms with van der Waals surface area (Å²) < 4.78 is 0. The van der Waals surface area contributed by atoms with Crippen LogP contribution in [0.1, 0.15) is 29.6 Å². The number of nitrogens with one attached hydrogen (secondary N) is 1. The standard InChI is InChI=1S/C9H12N2OS/c10-8-7(4-5-13-8)9(12)11-6-2-1-3-6/h4-6H,1-3,10H2,(H,11,12). The zero-order valence-corrected chi connectivity index (χ0v) is 8.06. The lowest BCUT2D eigenvalue weighted by Crippen LogP contribution is -2.39. The molecular weight excluding hydrogens is 184 g/mol. The molecule has 1 aromatic heterocycles. The molecule has 0 atom stereocenters. The van der Waals surface area contributed by atoms with Crippen molar-refractivity contribution in [2.75, 3.05) is 5.73 Å². The highest BCUT2D eigenvalue weighted by Gasteiger charge is 2.21. The van der Waals surface area contributed by atoms with Crippen molar-refractivity contribution >= 4 is 22.2 Å². The van der Waals surface area contributed by atoms with Gasteiger partial charge in [-0.1, -0.05) is 0 Å². The molecule has 0 aliphatic heterocycles. The highest BCUT2D eigenvalue weighted by atomic mass is 32.1. The highest BCUT2D eigenvalue weighted by Crippen LogP contribution is 2.22. The molecule has 2 rings (SSSR count). The SMILES string of the molecule is Nc1sccc1C(=O)NC1CCC1. The summed E-state index contributed by atoms with van der Waals surface area (Å²) in [7, 11) is 0. The lowest BCUT2D eigenvalue weighted by atomic mass is 9.93. The van der Waals surface area contributed by atoms with Gasteiger partial charge in [-0.25, -0.2) is 0 Å². The van der Waals surface area contributed by atoms with Crippen molar-refractivity contribution in [1.29, 1.82) is 0 Å². The van der Waals surface area contributed by atoms with Crippen LogP contribution in [0.2, 0.25) is 0 Å². The number of anilines is 1. The van der Waals surface area contributed by atoms with Crippen LogP contribution in [-0.2, 0) is 0 Å². The predicted octanol–water partition coefficient (Wildman–Crippen LogP) is 1.61. The third kappa shape index (κ3) is 1.67. The number of rotatable bonds is 2. The predicted molar refractivity (Wildman–Crippen MR) is 53.8 cm³/mol. The van der Waals surface area contributed by atoms with Gasteiger partial charge in [0.05, 0.1) is 10.6 Å². The van der Waals surface area contributed by atoms with Crippen molar-refractivity contribution in [3.63, 3.8) is 0 Å². The van der Waals surface area contributed by atoms with Gasteiger partial charge in [0.15, 0.2) is 0 Å². The Kier molecular flexibility index (Phi) is 2.22. The van der Waals surface area contributed by atoms with Crippen molar-refractivity contribution in [2.24, 2.45) is 0 Å². The molecule has 0 unspecified atom stereocenters. The van der Waals surface area contributed by atoms with E-state index < -0.39 is 0 Å². The van der Waals surface area contributed by atoms with Crippen molar-refractivity contribution in [1.82, 2.24) is 5.32 Å². The first-order valence-electron chi connectivity index (χ1n) is 4.41. The van der Waals surface area contributed by atoms with Crippen LogP contribution in [0, 0.1) is 0 Å². The number of hydrogen-bond donors (Lipinski definition) is 2. The number of amides is 1. The zero-order valence-electron chi connectivity index (χ0n) is 7.25. The van der Waals surface area contributed by atoms with Crippen LogP contribution in [0.4, 0.5) is 5.00 Å². The van der Waals surface area contributed by atoms with E-state index in [1.807, 2.05) is 5.38 Å². The quantitative estimate of drug-likeness (QED) is 0.755. The summed E-state index contributed by atoms with van der Waals surface area (Å²) in [5.74, 6) is -0.0246. The maximum absolute atomic E-state index is 11.5. The van der Waals surface area contributed by atoms with Crippen molar-refractivity contribution in [3.8, 4) is 0 Å². The molecule has 4 heteroatoms. The van der Waals surface area contributed by atoms with Gasteiger partial charge in [0, 0.05) is 6.04 Å². The maximum Gasteiger partial charge on any atom is 0.254 e. The van der Waals surface area contributed by atoms with Gasteiger partial charge in [-0.05, 0) is 30.7 Å². The van der Waals surface area contributed by atoms with Gasteiger partial charge < -0.3 is 11.1 Å². The maximum atomic E-state index is 11.5. The fourth-order valence-corrected chi connectivity index (χ4v) is 1.96. The fourth-order valence-electron chi connectivity index (χ4n) is 1.32. The van der Waals surface area contributed by atoms with Gasteiger partial charge >= 0.3 is 0 Å². The first kappa shape index (κ1) is 8.56. The van der Waals surface area contributed by atoms with E-state index in [9.17, 15) is 4.79 Å². The summed E-state index contributed by atoms with van der Waals surface area (Å²) in [5, 5.41) is 5.39. The summed E-state index contributed by atoms with van der Waals surface area (Å²) in [6, 6.07) is 2.15. The van der Waals surface area contributed by atoms with E-state index in [-0.39, 0.29) is 5.91 Å². The van der Waals surface area contributed by atoms with Gasteiger partial charge in [0.2, 0.25) is 0 Å². The highest BCUT2D eigenvalue weighted by molar-refractivity contribution is 7.14. The molecule has 1 aliphatic rings. The summed E-state index contributed by atoms with van der Waals surface area (Å²) in [5.41, 5.74) is 6.26. The molecule has 70 valence electrons. The van der Waals surface area contributed by atoms with Crippen LogP contribution in [0.25, 0.3) is 0 Å². The number of thiophene rings is 1. The smallest absolute Gasteiger partial charge is 0.254 e. The number of carbonyl (C=O) groups is 1. The second-order valence-corrected chi connectivity index (χ2v) is 4.25. The topological polar surface area (TPSA) is 55.1 Å². The van der Waals surface area contributed by atoms with E-state index in [2.05, 4.69) is 5.32 Å². The molecule has 13 heavy (non-hydrogen) atoms. The Morgan fingerprint density at radius 3 is 2.85 bits per heavy atom. The van der Waals surface area contributed by atoms with Gasteiger partial charge in [0.1, 0.15) is 0 Å². The third-order valence-electron chi connectivity index (χ3n) is 2.38. The minimum Gasteiger partial charge on any atom is -0.390 e. The molecule has 0 spiro atoms. The molecule has 0 saturated heterocycles. The van der Waals surface area contributed by atoms with E-state index in [1.165, 1.54) is 17.8 Å². The Hall–Kier alpha value is -1.03. The van der Waals surface area contributed by atoms with Crippen LogP contribution >= 0.6 is 11.3 Å². The third-order valence-corrected chi connectivity index (χ3v) is 3.13. The van der Waals surface area contributed by atoms with Crippen LogP contribution in [0.3, 0.4) is 0 Å². The molecule has 1 saturated carbocycles. The lowest BCUT2D eigenvalue weighted by Gasteiger charge is -2.26. The number of hydrogen-bond acceptors (Lipinski definition) is 3. The Morgan fingerprint density at radius 2 is 2.38 bits per heavy atom. The molecule has 3 N–H and O–H groups in total. The molecule has 1 amide bonds. The van der Waals surface area contributed by atoms with E-state index >= 15 is 0 Å². The van der Waals surface area contributed by atoms with Crippen LogP contribution in [0.5, 0.6) is 0 Å². The molecule has 0 radical (unpaired) electrons. The number of nitrogen functional groups attached to an aromatic ring is 1. The summed E-state index contributed by atoms with van der Waals surface area (Å²) >= 11 is 1.40. The monoisotopic (exact) mass is 196 g/mol.